The smallest absolute Gasteiger partial charge is 0.138 e. The van der Waals surface area contributed by atoms with Gasteiger partial charge in [0.05, 0.1) is 11.0 Å². The van der Waals surface area contributed by atoms with Gasteiger partial charge in [-0.05, 0) is 47.6 Å². The number of H-pyrrole nitrogens is 1. The molecule has 3 N–H and O–H groups in total. The number of nitroso groups, excluding NO2 is 1. The number of nitrogens with zero attached hydrogens (tertiary/aromatic N) is 2. The zero-order chi connectivity index (χ0) is 12.5. The lowest BCUT2D eigenvalue weighted by Gasteiger charge is -1.96. The number of hydrogen-bond donors (Lipinski definition) is 2. The first kappa shape index (κ1) is 10.5. The molecule has 0 atom stereocenters. The maximum atomic E-state index is 10.5. The Hall–Kier alpha value is -2.69. The number of nitrogens with two attached hydrogens (primary N) is 1. The van der Waals surface area contributed by atoms with Crippen molar-refractivity contribution >= 4 is 22.4 Å². The molecule has 88 valence electrons. The number of imidazole rings is 1. The number of nitrogen functional groups attached to an aromatic ring is 1. The number of fused-ring (bicyclic) bond motifs is 1. The van der Waals surface area contributed by atoms with Crippen LogP contribution in [0.4, 0.5) is 11.4 Å². The largest absolute Gasteiger partial charge is 0.399 e. The number of anilines is 1. The highest BCUT2D eigenvalue weighted by Crippen LogP contribution is 2.24. The van der Waals surface area contributed by atoms with E-state index in [4.69, 9.17) is 5.73 Å². The minimum absolute atomic E-state index is 0.373. The lowest BCUT2D eigenvalue weighted by Crippen LogP contribution is -1.84. The summed E-state index contributed by atoms with van der Waals surface area (Å²) in [5.41, 5.74) is 9.26. The summed E-state index contributed by atoms with van der Waals surface area (Å²) < 4.78 is 0. The summed E-state index contributed by atoms with van der Waals surface area (Å²) in [7, 11) is 0. The van der Waals surface area contributed by atoms with Gasteiger partial charge in [0.1, 0.15) is 11.5 Å². The topological polar surface area (TPSA) is 84.1 Å². The third-order valence-corrected chi connectivity index (χ3v) is 2.76. The Labute approximate surface area is 103 Å². The summed E-state index contributed by atoms with van der Waals surface area (Å²) >= 11 is 0. The van der Waals surface area contributed by atoms with Crippen molar-refractivity contribution < 1.29 is 0 Å². The van der Waals surface area contributed by atoms with Gasteiger partial charge in [-0.15, -0.1) is 4.91 Å². The molecule has 0 saturated heterocycles. The first-order valence-corrected chi connectivity index (χ1v) is 5.45. The van der Waals surface area contributed by atoms with E-state index in [2.05, 4.69) is 15.1 Å². The van der Waals surface area contributed by atoms with Crippen LogP contribution in [0.15, 0.2) is 47.6 Å². The lowest BCUT2D eigenvalue weighted by atomic mass is 10.2. The molecule has 1 heterocycles. The molecule has 0 bridgehead atoms. The number of benzene rings is 2. The van der Waals surface area contributed by atoms with E-state index in [-0.39, 0.29) is 0 Å². The summed E-state index contributed by atoms with van der Waals surface area (Å²) in [4.78, 5) is 18.1. The van der Waals surface area contributed by atoms with Gasteiger partial charge in [-0.2, -0.15) is 0 Å². The Morgan fingerprint density at radius 1 is 1.11 bits per heavy atom. The molecule has 0 amide bonds. The van der Waals surface area contributed by atoms with Crippen LogP contribution in [-0.2, 0) is 0 Å². The highest BCUT2D eigenvalue weighted by Gasteiger charge is 2.05. The van der Waals surface area contributed by atoms with Crippen LogP contribution in [0.3, 0.4) is 0 Å². The fourth-order valence-corrected chi connectivity index (χ4v) is 1.83. The van der Waals surface area contributed by atoms with Crippen LogP contribution >= 0.6 is 0 Å². The van der Waals surface area contributed by atoms with E-state index in [1.54, 1.807) is 18.2 Å². The summed E-state index contributed by atoms with van der Waals surface area (Å²) in [6, 6.07) is 12.5. The Morgan fingerprint density at radius 3 is 2.61 bits per heavy atom. The quantitative estimate of drug-likeness (QED) is 0.531. The molecule has 0 aliphatic carbocycles. The molecule has 0 saturated carbocycles. The average Bonchev–Trinajstić information content (AvgIpc) is 2.82. The van der Waals surface area contributed by atoms with E-state index in [0.29, 0.717) is 11.4 Å². The number of rotatable bonds is 2. The van der Waals surface area contributed by atoms with Gasteiger partial charge >= 0.3 is 0 Å². The van der Waals surface area contributed by atoms with Crippen LogP contribution in [0.2, 0.25) is 0 Å². The fourth-order valence-electron chi connectivity index (χ4n) is 1.83. The summed E-state index contributed by atoms with van der Waals surface area (Å²) in [5, 5.41) is 2.89. The second-order valence-corrected chi connectivity index (χ2v) is 4.00. The highest BCUT2D eigenvalue weighted by molar-refractivity contribution is 5.82. The van der Waals surface area contributed by atoms with E-state index >= 15 is 0 Å². The van der Waals surface area contributed by atoms with Gasteiger partial charge in [0.25, 0.3) is 0 Å². The molecule has 0 fully saturated rings. The van der Waals surface area contributed by atoms with Gasteiger partial charge in [-0.25, -0.2) is 4.98 Å². The Bertz CT molecular complexity index is 715. The van der Waals surface area contributed by atoms with E-state index < -0.39 is 0 Å². The van der Waals surface area contributed by atoms with Gasteiger partial charge in [-0.1, -0.05) is 0 Å². The normalized spacial score (nSPS) is 10.7. The van der Waals surface area contributed by atoms with Crippen LogP contribution in [0, 0.1) is 4.91 Å². The third kappa shape index (κ3) is 1.71. The molecule has 0 aliphatic rings. The van der Waals surface area contributed by atoms with Gasteiger partial charge in [0, 0.05) is 11.3 Å². The summed E-state index contributed by atoms with van der Waals surface area (Å²) in [5.74, 6) is 0.744. The van der Waals surface area contributed by atoms with Gasteiger partial charge < -0.3 is 10.7 Å². The zero-order valence-electron chi connectivity index (χ0n) is 9.42. The summed E-state index contributed by atoms with van der Waals surface area (Å²) in [6.07, 6.45) is 0. The molecule has 5 nitrogen and oxygen atoms in total. The molecule has 1 aromatic heterocycles. The molecule has 0 aliphatic heterocycles. The van der Waals surface area contributed by atoms with Crippen molar-refractivity contribution in [2.75, 3.05) is 5.73 Å². The highest BCUT2D eigenvalue weighted by atomic mass is 16.3. The van der Waals surface area contributed by atoms with Crippen LogP contribution in [0.5, 0.6) is 0 Å². The maximum Gasteiger partial charge on any atom is 0.138 e. The van der Waals surface area contributed by atoms with Crippen molar-refractivity contribution in [3.63, 3.8) is 0 Å². The minimum Gasteiger partial charge on any atom is -0.399 e. The SMILES string of the molecule is Nc1ccc(-c2nc3cc(N=O)ccc3[nH]2)cc1. The minimum atomic E-state index is 0.373. The molecule has 0 unspecified atom stereocenters. The lowest BCUT2D eigenvalue weighted by molar-refractivity contribution is 1.34. The molecular weight excluding hydrogens is 228 g/mol. The second kappa shape index (κ2) is 3.96. The zero-order valence-corrected chi connectivity index (χ0v) is 9.42. The van der Waals surface area contributed by atoms with Crippen molar-refractivity contribution in [1.29, 1.82) is 0 Å². The van der Waals surface area contributed by atoms with Gasteiger partial charge in [0.2, 0.25) is 0 Å². The fraction of sp³-hybridized carbons (Fsp3) is 0. The number of aromatic nitrogens is 2. The van der Waals surface area contributed by atoms with Crippen molar-refractivity contribution in [1.82, 2.24) is 9.97 Å². The van der Waals surface area contributed by atoms with Crippen LogP contribution in [-0.4, -0.2) is 9.97 Å². The molecule has 0 radical (unpaired) electrons. The molecule has 3 rings (SSSR count). The average molecular weight is 238 g/mol. The van der Waals surface area contributed by atoms with Crippen molar-refractivity contribution in [2.45, 2.75) is 0 Å². The molecule has 2 aromatic carbocycles. The van der Waals surface area contributed by atoms with Crippen molar-refractivity contribution in [2.24, 2.45) is 5.18 Å². The Morgan fingerprint density at radius 2 is 1.89 bits per heavy atom. The number of aromatic amines is 1. The van der Waals surface area contributed by atoms with Crippen LogP contribution in [0.25, 0.3) is 22.4 Å². The monoisotopic (exact) mass is 238 g/mol. The van der Waals surface area contributed by atoms with Crippen LogP contribution < -0.4 is 5.73 Å². The molecule has 3 aromatic rings. The third-order valence-electron chi connectivity index (χ3n) is 2.76. The Kier molecular flexibility index (Phi) is 2.30. The maximum absolute atomic E-state index is 10.5. The van der Waals surface area contributed by atoms with Gasteiger partial charge in [0.15, 0.2) is 0 Å². The van der Waals surface area contributed by atoms with E-state index in [1.807, 2.05) is 24.3 Å². The van der Waals surface area contributed by atoms with Crippen molar-refractivity contribution in [3.05, 3.63) is 47.4 Å². The van der Waals surface area contributed by atoms with E-state index in [9.17, 15) is 4.91 Å². The first-order chi connectivity index (χ1) is 8.76. The Balaban J connectivity index is 2.12. The summed E-state index contributed by atoms with van der Waals surface area (Å²) in [6.45, 7) is 0. The predicted octanol–water partition coefficient (Wildman–Crippen LogP) is 3.21. The molecule has 18 heavy (non-hydrogen) atoms. The van der Waals surface area contributed by atoms with Crippen molar-refractivity contribution in [3.8, 4) is 11.4 Å². The second-order valence-electron chi connectivity index (χ2n) is 4.00. The van der Waals surface area contributed by atoms with Gasteiger partial charge in [-0.3, -0.25) is 0 Å². The molecular formula is C13H10N4O. The standard InChI is InChI=1S/C13H10N4O/c14-9-3-1-8(2-4-9)13-15-11-6-5-10(17-18)7-12(11)16-13/h1-7H,14H2,(H,15,16). The number of nitrogens with one attached hydrogen (secondary N) is 1. The first-order valence-electron chi connectivity index (χ1n) is 5.45. The number of hydrogen-bond acceptors (Lipinski definition) is 4. The molecule has 5 heteroatoms. The van der Waals surface area contributed by atoms with E-state index in [1.165, 1.54) is 0 Å². The predicted molar refractivity (Wildman–Crippen MR) is 71.4 cm³/mol. The molecule has 0 spiro atoms. The van der Waals surface area contributed by atoms with Crippen LogP contribution in [0.1, 0.15) is 0 Å². The van der Waals surface area contributed by atoms with E-state index in [0.717, 1.165) is 22.4 Å².